The van der Waals surface area contributed by atoms with Crippen LogP contribution < -0.4 is 0 Å². The molecule has 1 saturated carbocycles. The van der Waals surface area contributed by atoms with Gasteiger partial charge in [-0.25, -0.2) is 0 Å². The van der Waals surface area contributed by atoms with Crippen molar-refractivity contribution in [3.05, 3.63) is 0 Å². The minimum Gasteiger partial charge on any atom is -0.396 e. The third-order valence-corrected chi connectivity index (χ3v) is 3.03. The van der Waals surface area contributed by atoms with Crippen LogP contribution in [0.25, 0.3) is 0 Å². The molecule has 0 aromatic carbocycles. The molecule has 0 aliphatic heterocycles. The van der Waals surface area contributed by atoms with E-state index in [9.17, 15) is 0 Å². The van der Waals surface area contributed by atoms with Crippen molar-refractivity contribution in [3.8, 4) is 0 Å². The van der Waals surface area contributed by atoms with E-state index in [0.717, 1.165) is 11.8 Å². The Hall–Kier alpha value is -0.0400. The highest BCUT2D eigenvalue weighted by molar-refractivity contribution is 4.72. The van der Waals surface area contributed by atoms with Gasteiger partial charge in [0.1, 0.15) is 0 Å². The second-order valence-corrected chi connectivity index (χ2v) is 4.70. The van der Waals surface area contributed by atoms with E-state index in [1.54, 1.807) is 0 Å². The summed E-state index contributed by atoms with van der Waals surface area (Å²) in [5.74, 6) is 2.42. The first kappa shape index (κ1) is 14.0. The molecule has 14 heavy (non-hydrogen) atoms. The van der Waals surface area contributed by atoms with Crippen LogP contribution in [0, 0.1) is 17.8 Å². The van der Waals surface area contributed by atoms with Gasteiger partial charge in [-0.3, -0.25) is 0 Å². The van der Waals surface area contributed by atoms with Crippen molar-refractivity contribution in [3.63, 3.8) is 0 Å². The molecule has 0 saturated heterocycles. The molecule has 0 unspecified atom stereocenters. The molecule has 1 aliphatic carbocycles. The van der Waals surface area contributed by atoms with Crippen molar-refractivity contribution >= 4 is 0 Å². The van der Waals surface area contributed by atoms with Gasteiger partial charge in [0.15, 0.2) is 0 Å². The molecule has 0 aromatic rings. The first-order chi connectivity index (χ1) is 6.72. The Bertz CT molecular complexity index is 112. The van der Waals surface area contributed by atoms with Gasteiger partial charge in [0.05, 0.1) is 0 Å². The largest absolute Gasteiger partial charge is 0.396 e. The minimum absolute atomic E-state index is 0.411. The van der Waals surface area contributed by atoms with E-state index in [1.165, 1.54) is 32.1 Å². The van der Waals surface area contributed by atoms with Crippen molar-refractivity contribution in [2.24, 2.45) is 17.8 Å². The fraction of sp³-hybridized carbons (Fsp3) is 1.00. The van der Waals surface area contributed by atoms with E-state index in [1.807, 2.05) is 13.8 Å². The number of hydrogen-bond acceptors (Lipinski definition) is 1. The highest BCUT2D eigenvalue weighted by atomic mass is 16.3. The fourth-order valence-corrected chi connectivity index (χ4v) is 2.32. The molecule has 1 fully saturated rings. The Kier molecular flexibility index (Phi) is 8.26. The molecule has 0 radical (unpaired) electrons. The van der Waals surface area contributed by atoms with E-state index < -0.39 is 0 Å². The predicted molar refractivity (Wildman–Crippen MR) is 63.3 cm³/mol. The van der Waals surface area contributed by atoms with E-state index in [4.69, 9.17) is 5.11 Å². The lowest BCUT2D eigenvalue weighted by molar-refractivity contribution is 0.159. The maximum absolute atomic E-state index is 8.96. The molecule has 86 valence electrons. The summed E-state index contributed by atoms with van der Waals surface area (Å²) >= 11 is 0. The van der Waals surface area contributed by atoms with Gasteiger partial charge in [-0.05, 0) is 37.0 Å². The average Bonchev–Trinajstić information content (AvgIpc) is 2.21. The molecule has 0 spiro atoms. The van der Waals surface area contributed by atoms with Crippen LogP contribution in [-0.4, -0.2) is 11.7 Å². The lowest BCUT2D eigenvalue weighted by atomic mass is 9.79. The monoisotopic (exact) mass is 200 g/mol. The quantitative estimate of drug-likeness (QED) is 0.733. The van der Waals surface area contributed by atoms with Gasteiger partial charge in [-0.2, -0.15) is 0 Å². The van der Waals surface area contributed by atoms with E-state index in [2.05, 4.69) is 13.8 Å². The third kappa shape index (κ3) is 5.64. The predicted octanol–water partition coefficient (Wildman–Crippen LogP) is 3.86. The van der Waals surface area contributed by atoms with Crippen LogP contribution in [0.3, 0.4) is 0 Å². The lowest BCUT2D eigenvalue weighted by Crippen LogP contribution is -2.18. The lowest BCUT2D eigenvalue weighted by Gasteiger charge is -2.28. The van der Waals surface area contributed by atoms with Crippen molar-refractivity contribution < 1.29 is 5.11 Å². The van der Waals surface area contributed by atoms with Crippen LogP contribution >= 0.6 is 0 Å². The SMILES string of the molecule is CC.CC(C)CC1CCC(CO)CC1. The van der Waals surface area contributed by atoms with Crippen molar-refractivity contribution in [2.45, 2.75) is 59.8 Å². The van der Waals surface area contributed by atoms with Gasteiger partial charge in [0, 0.05) is 6.61 Å². The van der Waals surface area contributed by atoms with Crippen LogP contribution in [0.2, 0.25) is 0 Å². The van der Waals surface area contributed by atoms with E-state index in [-0.39, 0.29) is 0 Å². The summed E-state index contributed by atoms with van der Waals surface area (Å²) in [6.45, 7) is 9.02. The highest BCUT2D eigenvalue weighted by Crippen LogP contribution is 2.32. The summed E-state index contributed by atoms with van der Waals surface area (Å²) in [5, 5.41) is 8.96. The molecule has 1 N–H and O–H groups in total. The molecular weight excluding hydrogens is 172 g/mol. The van der Waals surface area contributed by atoms with Gasteiger partial charge in [0.2, 0.25) is 0 Å². The maximum Gasteiger partial charge on any atom is 0.0459 e. The molecule has 0 amide bonds. The van der Waals surface area contributed by atoms with Crippen LogP contribution in [0.15, 0.2) is 0 Å². The fourth-order valence-electron chi connectivity index (χ4n) is 2.32. The second kappa shape index (κ2) is 8.28. The van der Waals surface area contributed by atoms with Gasteiger partial charge < -0.3 is 5.11 Å². The van der Waals surface area contributed by atoms with Crippen LogP contribution in [0.4, 0.5) is 0 Å². The molecule has 1 rings (SSSR count). The average molecular weight is 200 g/mol. The highest BCUT2D eigenvalue weighted by Gasteiger charge is 2.20. The molecule has 0 bridgehead atoms. The Morgan fingerprint density at radius 1 is 1.00 bits per heavy atom. The molecule has 0 heterocycles. The minimum atomic E-state index is 0.411. The zero-order valence-electron chi connectivity index (χ0n) is 10.4. The van der Waals surface area contributed by atoms with E-state index in [0.29, 0.717) is 12.5 Å². The summed E-state index contributed by atoms with van der Waals surface area (Å²) in [6, 6.07) is 0. The Labute approximate surface area is 89.9 Å². The van der Waals surface area contributed by atoms with Crippen molar-refractivity contribution in [1.29, 1.82) is 0 Å². The number of hydrogen-bond donors (Lipinski definition) is 1. The normalized spacial score (nSPS) is 27.0. The van der Waals surface area contributed by atoms with Gasteiger partial charge in [-0.15, -0.1) is 0 Å². The van der Waals surface area contributed by atoms with Gasteiger partial charge >= 0.3 is 0 Å². The summed E-state index contributed by atoms with van der Waals surface area (Å²) in [4.78, 5) is 0. The van der Waals surface area contributed by atoms with Crippen molar-refractivity contribution in [1.82, 2.24) is 0 Å². The molecule has 0 aromatic heterocycles. The first-order valence-corrected chi connectivity index (χ1v) is 6.33. The number of aliphatic hydroxyl groups is 1. The Balaban J connectivity index is 0.000000791. The van der Waals surface area contributed by atoms with E-state index >= 15 is 0 Å². The smallest absolute Gasteiger partial charge is 0.0459 e. The Morgan fingerprint density at radius 3 is 1.79 bits per heavy atom. The summed E-state index contributed by atoms with van der Waals surface area (Å²) in [7, 11) is 0. The van der Waals surface area contributed by atoms with Crippen LogP contribution in [-0.2, 0) is 0 Å². The molecule has 1 heteroatoms. The molecular formula is C13H28O. The topological polar surface area (TPSA) is 20.2 Å². The molecule has 0 atom stereocenters. The van der Waals surface area contributed by atoms with Gasteiger partial charge in [-0.1, -0.05) is 40.5 Å². The zero-order chi connectivity index (χ0) is 11.0. The summed E-state index contributed by atoms with van der Waals surface area (Å²) in [5.41, 5.74) is 0. The maximum atomic E-state index is 8.96. The van der Waals surface area contributed by atoms with Gasteiger partial charge in [0.25, 0.3) is 0 Å². The van der Waals surface area contributed by atoms with Crippen LogP contribution in [0.5, 0.6) is 0 Å². The first-order valence-electron chi connectivity index (χ1n) is 6.33. The standard InChI is InChI=1S/C11H22O.C2H6/c1-9(2)7-10-3-5-11(8-12)6-4-10;1-2/h9-12H,3-8H2,1-2H3;1-2H3. The van der Waals surface area contributed by atoms with Crippen LogP contribution in [0.1, 0.15) is 59.8 Å². The number of aliphatic hydroxyl groups excluding tert-OH is 1. The zero-order valence-corrected chi connectivity index (χ0v) is 10.4. The Morgan fingerprint density at radius 2 is 1.43 bits per heavy atom. The second-order valence-electron chi connectivity index (χ2n) is 4.70. The summed E-state index contributed by atoms with van der Waals surface area (Å²) < 4.78 is 0. The third-order valence-electron chi connectivity index (χ3n) is 3.03. The molecule has 1 nitrogen and oxygen atoms in total. The van der Waals surface area contributed by atoms with Crippen molar-refractivity contribution in [2.75, 3.05) is 6.61 Å². The summed E-state index contributed by atoms with van der Waals surface area (Å²) in [6.07, 6.45) is 6.60. The number of rotatable bonds is 3. The molecule has 1 aliphatic rings.